The fraction of sp³-hybridized carbons (Fsp3) is 0.400. The number of carbonyl (C=O) groups excluding carboxylic acids is 2. The Labute approximate surface area is 163 Å². The first-order valence-corrected chi connectivity index (χ1v) is 9.45. The maximum absolute atomic E-state index is 12.0. The van der Waals surface area contributed by atoms with Crippen LogP contribution in [0, 0.1) is 0 Å². The fourth-order valence-corrected chi connectivity index (χ4v) is 3.12. The molecule has 0 radical (unpaired) electrons. The van der Waals surface area contributed by atoms with E-state index in [1.807, 2.05) is 32.0 Å². The summed E-state index contributed by atoms with van der Waals surface area (Å²) in [5.41, 5.74) is 2.58. The highest BCUT2D eigenvalue weighted by atomic mass is 16.5. The first-order valence-electron chi connectivity index (χ1n) is 9.45. The fourth-order valence-electron chi connectivity index (χ4n) is 3.12. The zero-order chi connectivity index (χ0) is 20.3. The molecule has 28 heavy (non-hydrogen) atoms. The van der Waals surface area contributed by atoms with Crippen molar-refractivity contribution >= 4 is 17.6 Å². The topological polar surface area (TPSA) is 93.7 Å². The molecule has 3 amide bonds. The van der Waals surface area contributed by atoms with E-state index in [1.54, 1.807) is 6.92 Å². The van der Waals surface area contributed by atoms with Gasteiger partial charge in [-0.1, -0.05) is 26.8 Å². The van der Waals surface area contributed by atoms with Gasteiger partial charge in [-0.3, -0.25) is 4.79 Å². The Hall–Kier alpha value is -3.00. The Morgan fingerprint density at radius 2 is 1.96 bits per heavy atom. The van der Waals surface area contributed by atoms with Crippen LogP contribution in [0.1, 0.15) is 51.3 Å². The summed E-state index contributed by atoms with van der Waals surface area (Å²) >= 11 is 0. The molecule has 2 aliphatic heterocycles. The molecule has 2 atom stereocenters. The van der Waals surface area contributed by atoms with E-state index in [9.17, 15) is 9.59 Å². The van der Waals surface area contributed by atoms with Gasteiger partial charge < -0.3 is 14.8 Å². The van der Waals surface area contributed by atoms with Crippen molar-refractivity contribution in [1.29, 1.82) is 0 Å². The van der Waals surface area contributed by atoms with E-state index in [1.165, 1.54) is 12.4 Å². The maximum atomic E-state index is 12.0. The van der Waals surface area contributed by atoms with E-state index >= 15 is 0 Å². The van der Waals surface area contributed by atoms with Gasteiger partial charge >= 0.3 is 12.0 Å². The van der Waals surface area contributed by atoms with Gasteiger partial charge in [0.05, 0.1) is 30.8 Å². The highest BCUT2D eigenvalue weighted by molar-refractivity contribution is 6.21. The Kier molecular flexibility index (Phi) is 5.89. The standard InChI is InChI=1S/C18H18N4O4.C2H6/c1-3-15-14-6-13(5-4-11(14)9-25-15)26-17-19-7-12(8-20-17)22-16(23)10(2)21-18(22)24;1-2/h4-8,10,15H,3,9H2,1-2H3,(H,21,24);1-2H3/t10-,15?;/m0./s1. The average molecular weight is 384 g/mol. The molecule has 8 heteroatoms. The number of nitrogens with zero attached hydrogens (tertiary/aromatic N) is 3. The van der Waals surface area contributed by atoms with E-state index in [2.05, 4.69) is 22.2 Å². The van der Waals surface area contributed by atoms with Gasteiger partial charge in [0.25, 0.3) is 5.91 Å². The first kappa shape index (κ1) is 19.8. The SMILES string of the molecule is CC.CCC1OCc2ccc(Oc3ncc(N4C(=O)N[C@@H](C)C4=O)cn3)cc21. The van der Waals surface area contributed by atoms with Crippen molar-refractivity contribution in [2.75, 3.05) is 4.90 Å². The third kappa shape index (κ3) is 3.68. The summed E-state index contributed by atoms with van der Waals surface area (Å²) in [6, 6.07) is 4.86. The lowest BCUT2D eigenvalue weighted by Gasteiger charge is -2.12. The van der Waals surface area contributed by atoms with Gasteiger partial charge in [-0.25, -0.2) is 19.7 Å². The zero-order valence-electron chi connectivity index (χ0n) is 16.4. The number of nitrogens with one attached hydrogen (secondary N) is 1. The molecule has 3 heterocycles. The predicted molar refractivity (Wildman–Crippen MR) is 103 cm³/mol. The number of hydrogen-bond acceptors (Lipinski definition) is 6. The summed E-state index contributed by atoms with van der Waals surface area (Å²) < 4.78 is 11.4. The van der Waals surface area contributed by atoms with Crippen LogP contribution in [0.5, 0.6) is 11.8 Å². The van der Waals surface area contributed by atoms with Crippen LogP contribution in [0.4, 0.5) is 10.5 Å². The molecule has 0 spiro atoms. The van der Waals surface area contributed by atoms with Crippen LogP contribution in [-0.2, 0) is 16.1 Å². The number of imide groups is 1. The van der Waals surface area contributed by atoms with Gasteiger partial charge in [0.15, 0.2) is 0 Å². The molecule has 2 aromatic rings. The number of amides is 3. The predicted octanol–water partition coefficient (Wildman–Crippen LogP) is 3.72. The minimum Gasteiger partial charge on any atom is -0.424 e. The van der Waals surface area contributed by atoms with E-state index in [4.69, 9.17) is 9.47 Å². The Morgan fingerprint density at radius 1 is 1.25 bits per heavy atom. The van der Waals surface area contributed by atoms with Crippen molar-refractivity contribution in [2.45, 2.75) is 52.9 Å². The molecule has 1 aromatic heterocycles. The van der Waals surface area contributed by atoms with Gasteiger partial charge in [0, 0.05) is 0 Å². The molecule has 0 saturated carbocycles. The Balaban J connectivity index is 0.00000109. The molecule has 4 rings (SSSR count). The Bertz CT molecular complexity index is 869. The second-order valence-corrected chi connectivity index (χ2v) is 6.24. The summed E-state index contributed by atoms with van der Waals surface area (Å²) in [5.74, 6) is 0.278. The molecular weight excluding hydrogens is 360 g/mol. The van der Waals surface area contributed by atoms with Gasteiger partial charge in [-0.15, -0.1) is 0 Å². The lowest BCUT2D eigenvalue weighted by atomic mass is 10.0. The summed E-state index contributed by atoms with van der Waals surface area (Å²) in [7, 11) is 0. The van der Waals surface area contributed by atoms with Crippen molar-refractivity contribution in [3.63, 3.8) is 0 Å². The van der Waals surface area contributed by atoms with Gasteiger partial charge in [0.2, 0.25) is 0 Å². The van der Waals surface area contributed by atoms with Crippen LogP contribution < -0.4 is 15.0 Å². The summed E-state index contributed by atoms with van der Waals surface area (Å²) in [6.07, 6.45) is 3.76. The number of aromatic nitrogens is 2. The second kappa shape index (κ2) is 8.35. The number of carbonyl (C=O) groups is 2. The molecule has 2 aliphatic rings. The molecule has 148 valence electrons. The van der Waals surface area contributed by atoms with E-state index in [-0.39, 0.29) is 18.0 Å². The quantitative estimate of drug-likeness (QED) is 0.808. The van der Waals surface area contributed by atoms with Crippen LogP contribution in [0.2, 0.25) is 0 Å². The summed E-state index contributed by atoms with van der Waals surface area (Å²) in [4.78, 5) is 33.1. The van der Waals surface area contributed by atoms with Crippen molar-refractivity contribution in [3.05, 3.63) is 41.7 Å². The number of rotatable bonds is 4. The minimum atomic E-state index is -0.557. The smallest absolute Gasteiger partial charge is 0.329 e. The molecule has 0 bridgehead atoms. The number of urea groups is 1. The number of hydrogen-bond donors (Lipinski definition) is 1. The lowest BCUT2D eigenvalue weighted by molar-refractivity contribution is -0.117. The zero-order valence-corrected chi connectivity index (χ0v) is 16.4. The van der Waals surface area contributed by atoms with Crippen LogP contribution >= 0.6 is 0 Å². The third-order valence-electron chi connectivity index (χ3n) is 4.49. The van der Waals surface area contributed by atoms with Gasteiger partial charge in [0.1, 0.15) is 11.8 Å². The second-order valence-electron chi connectivity index (χ2n) is 6.24. The molecule has 1 fully saturated rings. The summed E-state index contributed by atoms with van der Waals surface area (Å²) in [5, 5.41) is 2.54. The molecule has 1 N–H and O–H groups in total. The lowest BCUT2D eigenvalue weighted by Crippen LogP contribution is -2.31. The van der Waals surface area contributed by atoms with Crippen LogP contribution in [-0.4, -0.2) is 27.9 Å². The van der Waals surface area contributed by atoms with Crippen molar-refractivity contribution in [1.82, 2.24) is 15.3 Å². The van der Waals surface area contributed by atoms with E-state index in [0.29, 0.717) is 18.0 Å². The highest BCUT2D eigenvalue weighted by Crippen LogP contribution is 2.35. The van der Waals surface area contributed by atoms with Crippen LogP contribution in [0.3, 0.4) is 0 Å². The summed E-state index contributed by atoms with van der Waals surface area (Å²) in [6.45, 7) is 8.31. The third-order valence-corrected chi connectivity index (χ3v) is 4.49. The van der Waals surface area contributed by atoms with Crippen LogP contribution in [0.25, 0.3) is 0 Å². The Morgan fingerprint density at radius 3 is 2.57 bits per heavy atom. The highest BCUT2D eigenvalue weighted by Gasteiger charge is 2.36. The molecule has 1 saturated heterocycles. The van der Waals surface area contributed by atoms with Crippen molar-refractivity contribution in [3.8, 4) is 11.8 Å². The number of fused-ring (bicyclic) bond motifs is 1. The minimum absolute atomic E-state index is 0.0820. The van der Waals surface area contributed by atoms with E-state index < -0.39 is 12.1 Å². The maximum Gasteiger partial charge on any atom is 0.329 e. The van der Waals surface area contributed by atoms with Crippen molar-refractivity contribution in [2.24, 2.45) is 0 Å². The van der Waals surface area contributed by atoms with Crippen molar-refractivity contribution < 1.29 is 19.1 Å². The van der Waals surface area contributed by atoms with Gasteiger partial charge in [-0.05, 0) is 36.6 Å². The normalized spacial score (nSPS) is 20.4. The van der Waals surface area contributed by atoms with Gasteiger partial charge in [-0.2, -0.15) is 0 Å². The number of ether oxygens (including phenoxy) is 2. The molecular formula is C20H24N4O4. The van der Waals surface area contributed by atoms with E-state index in [0.717, 1.165) is 22.4 Å². The monoisotopic (exact) mass is 384 g/mol. The molecule has 8 nitrogen and oxygen atoms in total. The first-order chi connectivity index (χ1) is 13.6. The average Bonchev–Trinajstić information content (AvgIpc) is 3.24. The van der Waals surface area contributed by atoms with Crippen LogP contribution in [0.15, 0.2) is 30.6 Å². The number of anilines is 1. The molecule has 1 unspecified atom stereocenters. The molecule has 1 aromatic carbocycles. The largest absolute Gasteiger partial charge is 0.424 e. The molecule has 0 aliphatic carbocycles. The number of benzene rings is 1.